The van der Waals surface area contributed by atoms with Gasteiger partial charge in [-0.25, -0.2) is 14.4 Å². The van der Waals surface area contributed by atoms with Crippen molar-refractivity contribution in [2.45, 2.75) is 56.9 Å². The summed E-state index contributed by atoms with van der Waals surface area (Å²) in [6.45, 7) is 3.57. The molecule has 4 unspecified atom stereocenters. The number of benzene rings is 3. The molecule has 3 aromatic rings. The molecule has 13 heteroatoms. The van der Waals surface area contributed by atoms with Crippen LogP contribution >= 0.6 is 0 Å². The maximum absolute atomic E-state index is 14.0. The predicted molar refractivity (Wildman–Crippen MR) is 193 cm³/mol. The average Bonchev–Trinajstić information content (AvgIpc) is 3.70. The van der Waals surface area contributed by atoms with Crippen molar-refractivity contribution in [2.24, 2.45) is 5.41 Å². The van der Waals surface area contributed by atoms with Gasteiger partial charge in [0, 0.05) is 54.1 Å². The first-order valence-electron chi connectivity index (χ1n) is 17.7. The van der Waals surface area contributed by atoms with E-state index < -0.39 is 59.4 Å². The highest BCUT2D eigenvalue weighted by atomic mass is 16.8. The molecule has 0 radical (unpaired) electrons. The van der Waals surface area contributed by atoms with E-state index in [0.29, 0.717) is 16.7 Å². The number of nitrogens with one attached hydrogen (secondary N) is 2. The first-order chi connectivity index (χ1) is 26.0. The van der Waals surface area contributed by atoms with Crippen molar-refractivity contribution in [1.82, 2.24) is 10.6 Å². The largest absolute Gasteiger partial charge is 0.462 e. The fourth-order valence-corrected chi connectivity index (χ4v) is 6.56. The van der Waals surface area contributed by atoms with E-state index >= 15 is 0 Å². The van der Waals surface area contributed by atoms with Crippen LogP contribution in [0.15, 0.2) is 103 Å². The first kappa shape index (κ1) is 38.1. The maximum Gasteiger partial charge on any atom is 0.348 e. The molecule has 0 saturated carbocycles. The van der Waals surface area contributed by atoms with E-state index in [1.54, 1.807) is 44.2 Å². The number of carbonyl (C=O) groups is 5. The number of fused-ring (bicyclic) bond motifs is 1. The van der Waals surface area contributed by atoms with E-state index in [-0.39, 0.29) is 56.2 Å². The molecule has 3 N–H and O–H groups in total. The van der Waals surface area contributed by atoms with Crippen LogP contribution in [0.2, 0.25) is 0 Å². The summed E-state index contributed by atoms with van der Waals surface area (Å²) in [5, 5.41) is 14.3. The molecule has 2 aliphatic heterocycles. The number of aliphatic hydroxyl groups excluding tert-OH is 1. The lowest BCUT2D eigenvalue weighted by Gasteiger charge is -2.31. The Morgan fingerprint density at radius 2 is 1.54 bits per heavy atom. The number of esters is 3. The van der Waals surface area contributed by atoms with E-state index in [9.17, 15) is 24.0 Å². The van der Waals surface area contributed by atoms with Gasteiger partial charge in [-0.2, -0.15) is 0 Å². The van der Waals surface area contributed by atoms with Crippen molar-refractivity contribution in [3.63, 3.8) is 0 Å². The number of hydrogen-bond acceptors (Lipinski definition) is 11. The zero-order chi connectivity index (χ0) is 38.3. The lowest BCUT2D eigenvalue weighted by Crippen LogP contribution is -2.44. The van der Waals surface area contributed by atoms with Crippen LogP contribution in [0.1, 0.15) is 53.7 Å². The van der Waals surface area contributed by atoms with Crippen molar-refractivity contribution in [2.75, 3.05) is 26.3 Å². The molecule has 0 spiro atoms. The SMILES string of the molecule is CC1(C)COC(=O)C1OC(=O)C=Cc1ccccc1C(=O)OC1CC(C(=O)NCCC(=O)NCCO)=CC2OC(c3ccccc3)(c3ccccc3)OC21. The summed E-state index contributed by atoms with van der Waals surface area (Å²) in [6.07, 6.45) is 0.401. The molecular weight excluding hydrogens is 696 g/mol. The summed E-state index contributed by atoms with van der Waals surface area (Å²) >= 11 is 0. The number of aliphatic hydroxyl groups is 1. The van der Waals surface area contributed by atoms with Gasteiger partial charge in [-0.05, 0) is 23.8 Å². The van der Waals surface area contributed by atoms with Crippen LogP contribution in [-0.2, 0) is 48.6 Å². The lowest BCUT2D eigenvalue weighted by molar-refractivity contribution is -0.159. The fraction of sp³-hybridized carbons (Fsp3) is 0.341. The third-order valence-electron chi connectivity index (χ3n) is 9.33. The zero-order valence-electron chi connectivity index (χ0n) is 29.9. The summed E-state index contributed by atoms with van der Waals surface area (Å²) in [7, 11) is 0. The molecular formula is C41H42N2O11. The van der Waals surface area contributed by atoms with Gasteiger partial charge in [-0.1, -0.05) is 92.7 Å². The predicted octanol–water partition coefficient (Wildman–Crippen LogP) is 3.35. The normalized spacial score (nSPS) is 22.4. The Bertz CT molecular complexity index is 1890. The summed E-state index contributed by atoms with van der Waals surface area (Å²) in [6, 6.07) is 25.2. The number of rotatable bonds is 13. The van der Waals surface area contributed by atoms with Gasteiger partial charge in [-0.3, -0.25) is 9.59 Å². The fourth-order valence-electron chi connectivity index (χ4n) is 6.56. The molecule has 1 aliphatic carbocycles. The van der Waals surface area contributed by atoms with Crippen molar-refractivity contribution in [3.8, 4) is 0 Å². The van der Waals surface area contributed by atoms with Crippen molar-refractivity contribution in [3.05, 3.63) is 125 Å². The summed E-state index contributed by atoms with van der Waals surface area (Å²) < 4.78 is 30.1. The van der Waals surface area contributed by atoms with Gasteiger partial charge in [0.25, 0.3) is 0 Å². The quantitative estimate of drug-likeness (QED) is 0.133. The molecule has 0 aromatic heterocycles. The van der Waals surface area contributed by atoms with Gasteiger partial charge in [0.1, 0.15) is 24.9 Å². The second-order valence-electron chi connectivity index (χ2n) is 13.8. The third kappa shape index (κ3) is 8.44. The molecule has 282 valence electrons. The van der Waals surface area contributed by atoms with Gasteiger partial charge in [0.15, 0.2) is 0 Å². The van der Waals surface area contributed by atoms with E-state index in [1.165, 1.54) is 6.08 Å². The van der Waals surface area contributed by atoms with Crippen LogP contribution < -0.4 is 10.6 Å². The van der Waals surface area contributed by atoms with Gasteiger partial charge >= 0.3 is 17.9 Å². The van der Waals surface area contributed by atoms with Crippen LogP contribution in [0.25, 0.3) is 6.08 Å². The summed E-state index contributed by atoms with van der Waals surface area (Å²) in [5.41, 5.74) is 1.45. The molecule has 6 rings (SSSR count). The average molecular weight is 739 g/mol. The van der Waals surface area contributed by atoms with Crippen molar-refractivity contribution >= 4 is 35.8 Å². The van der Waals surface area contributed by atoms with E-state index in [2.05, 4.69) is 10.6 Å². The molecule has 0 bridgehead atoms. The maximum atomic E-state index is 14.0. The molecule has 3 aliphatic rings. The van der Waals surface area contributed by atoms with E-state index in [1.807, 2.05) is 60.7 Å². The smallest absolute Gasteiger partial charge is 0.348 e. The number of amides is 2. The highest BCUT2D eigenvalue weighted by Crippen LogP contribution is 2.47. The van der Waals surface area contributed by atoms with Gasteiger partial charge in [0.2, 0.25) is 23.7 Å². The number of ether oxygens (including phenoxy) is 5. The minimum Gasteiger partial charge on any atom is -0.462 e. The van der Waals surface area contributed by atoms with Gasteiger partial charge in [-0.15, -0.1) is 0 Å². The Hall–Kier alpha value is -5.63. The number of hydrogen-bond donors (Lipinski definition) is 3. The van der Waals surface area contributed by atoms with E-state index in [0.717, 1.165) is 6.08 Å². The number of carbonyl (C=O) groups excluding carboxylic acids is 5. The first-order valence-corrected chi connectivity index (χ1v) is 17.7. The Labute approximate surface area is 312 Å². The molecule has 13 nitrogen and oxygen atoms in total. The molecule has 2 fully saturated rings. The van der Waals surface area contributed by atoms with Gasteiger partial charge in [0.05, 0.1) is 12.2 Å². The second kappa shape index (κ2) is 16.6. The van der Waals surface area contributed by atoms with E-state index in [4.69, 9.17) is 28.8 Å². The Balaban J connectivity index is 1.25. The molecule has 2 heterocycles. The minimum absolute atomic E-state index is 0.00539. The van der Waals surface area contributed by atoms with Crippen molar-refractivity contribution in [1.29, 1.82) is 0 Å². The number of cyclic esters (lactones) is 1. The van der Waals surface area contributed by atoms with Crippen molar-refractivity contribution < 1.29 is 52.8 Å². The Morgan fingerprint density at radius 1 is 0.870 bits per heavy atom. The van der Waals surface area contributed by atoms with Crippen LogP contribution in [0.5, 0.6) is 0 Å². The van der Waals surface area contributed by atoms with Crippen LogP contribution in [0.3, 0.4) is 0 Å². The third-order valence-corrected chi connectivity index (χ3v) is 9.33. The Morgan fingerprint density at radius 3 is 2.19 bits per heavy atom. The minimum atomic E-state index is -1.41. The molecule has 4 atom stereocenters. The molecule has 2 saturated heterocycles. The monoisotopic (exact) mass is 738 g/mol. The molecule has 54 heavy (non-hydrogen) atoms. The molecule has 3 aromatic carbocycles. The topological polar surface area (TPSA) is 176 Å². The second-order valence-corrected chi connectivity index (χ2v) is 13.8. The standard InChI is InChI=1S/C41H42N2O11/c1-40(2)25-50-39(49)36(40)52-34(46)18-17-26-11-9-10-16-30(26)38(48)51-31-23-27(37(47)43-20-19-33(45)42-21-22-44)24-32-35(31)54-41(53-32,28-12-5-3-6-13-28)29-14-7-4-8-15-29/h3-18,24,31-32,35-36,44H,19-23,25H2,1-2H3,(H,42,45)(H,43,47). The highest BCUT2D eigenvalue weighted by Gasteiger charge is 2.55. The lowest BCUT2D eigenvalue weighted by atomic mass is 9.90. The molecule has 2 amide bonds. The zero-order valence-corrected chi connectivity index (χ0v) is 29.9. The summed E-state index contributed by atoms with van der Waals surface area (Å²) in [5.74, 6) is -4.35. The highest BCUT2D eigenvalue weighted by molar-refractivity contribution is 5.97. The van der Waals surface area contributed by atoms with Crippen LogP contribution in [-0.4, -0.2) is 85.5 Å². The summed E-state index contributed by atoms with van der Waals surface area (Å²) in [4.78, 5) is 64.4. The van der Waals surface area contributed by atoms with Crippen LogP contribution in [0, 0.1) is 5.41 Å². The van der Waals surface area contributed by atoms with Crippen LogP contribution in [0.4, 0.5) is 0 Å². The Kier molecular flexibility index (Phi) is 11.7. The van der Waals surface area contributed by atoms with Gasteiger partial charge < -0.3 is 39.4 Å².